The number of rotatable bonds is 2. The molecule has 0 amide bonds. The minimum absolute atomic E-state index is 0. The average molecular weight is 201 g/mol. The summed E-state index contributed by atoms with van der Waals surface area (Å²) >= 11 is 0. The Labute approximate surface area is 83.6 Å². The lowest BCUT2D eigenvalue weighted by molar-refractivity contribution is 0.228. The third kappa shape index (κ3) is 2.12. The van der Waals surface area contributed by atoms with E-state index < -0.39 is 0 Å². The van der Waals surface area contributed by atoms with Crippen molar-refractivity contribution >= 4 is 12.4 Å². The third-order valence-electron chi connectivity index (χ3n) is 2.06. The van der Waals surface area contributed by atoms with Gasteiger partial charge in [-0.05, 0) is 11.6 Å². The number of hydrogen-bond acceptors (Lipinski definition) is 3. The van der Waals surface area contributed by atoms with Crippen molar-refractivity contribution in [1.82, 2.24) is 5.43 Å². The minimum atomic E-state index is 0. The highest BCUT2D eigenvalue weighted by atomic mass is 35.5. The molecule has 72 valence electrons. The van der Waals surface area contributed by atoms with Crippen LogP contribution in [0.2, 0.25) is 0 Å². The number of ether oxygens (including phenoxy) is 1. The number of nitrogens with two attached hydrogens (primary N) is 1. The summed E-state index contributed by atoms with van der Waals surface area (Å²) in [6, 6.07) is 8.09. The molecule has 1 heterocycles. The summed E-state index contributed by atoms with van der Waals surface area (Å²) in [6.07, 6.45) is 1.16. The van der Waals surface area contributed by atoms with Crippen LogP contribution in [0.4, 0.5) is 0 Å². The van der Waals surface area contributed by atoms with Crippen LogP contribution in [0.5, 0.6) is 5.75 Å². The molecule has 0 fully saturated rings. The first kappa shape index (κ1) is 10.3. The lowest BCUT2D eigenvalue weighted by atomic mass is 10.1. The van der Waals surface area contributed by atoms with Gasteiger partial charge in [-0.15, -0.1) is 12.4 Å². The Balaban J connectivity index is 0.000000845. The Bertz CT molecular complexity index is 255. The molecule has 0 aliphatic carbocycles. The van der Waals surface area contributed by atoms with Crippen molar-refractivity contribution in [3.63, 3.8) is 0 Å². The molecule has 0 spiro atoms. The van der Waals surface area contributed by atoms with Gasteiger partial charge >= 0.3 is 0 Å². The van der Waals surface area contributed by atoms with Gasteiger partial charge in [0.05, 0.1) is 0 Å². The summed E-state index contributed by atoms with van der Waals surface area (Å²) < 4.78 is 5.60. The molecule has 3 N–H and O–H groups in total. The van der Waals surface area contributed by atoms with Gasteiger partial charge in [0.15, 0.2) is 0 Å². The molecule has 0 bridgehead atoms. The number of nitrogens with one attached hydrogen (secondary N) is 1. The number of fused-ring (bicyclic) bond motifs is 1. The van der Waals surface area contributed by atoms with Crippen LogP contribution >= 0.6 is 12.4 Å². The Morgan fingerprint density at radius 2 is 2.23 bits per heavy atom. The monoisotopic (exact) mass is 200 g/mol. The first-order chi connectivity index (χ1) is 5.90. The highest BCUT2D eigenvalue weighted by Gasteiger charge is 2.20. The molecular weight excluding hydrogens is 188 g/mol. The largest absolute Gasteiger partial charge is 0.488 e. The number of benzene rings is 1. The highest BCUT2D eigenvalue weighted by molar-refractivity contribution is 5.85. The van der Waals surface area contributed by atoms with Crippen molar-refractivity contribution in [2.75, 3.05) is 6.54 Å². The van der Waals surface area contributed by atoms with Crippen LogP contribution < -0.4 is 16.0 Å². The van der Waals surface area contributed by atoms with E-state index in [-0.39, 0.29) is 18.5 Å². The summed E-state index contributed by atoms with van der Waals surface area (Å²) in [6.45, 7) is 0.703. The molecule has 3 nitrogen and oxygen atoms in total. The number of halogens is 1. The van der Waals surface area contributed by atoms with Crippen LogP contribution in [-0.2, 0) is 6.42 Å². The van der Waals surface area contributed by atoms with Crippen molar-refractivity contribution in [3.05, 3.63) is 29.8 Å². The molecular formula is C9H13ClN2O. The second-order valence-electron chi connectivity index (χ2n) is 2.96. The number of para-hydroxylation sites is 1. The average Bonchev–Trinajstić information content (AvgIpc) is 2.47. The molecule has 0 radical (unpaired) electrons. The number of hydrogen-bond donors (Lipinski definition) is 2. The van der Waals surface area contributed by atoms with E-state index in [1.54, 1.807) is 0 Å². The topological polar surface area (TPSA) is 47.3 Å². The zero-order valence-corrected chi connectivity index (χ0v) is 8.01. The predicted octanol–water partition coefficient (Wildman–Crippen LogP) is 0.875. The van der Waals surface area contributed by atoms with E-state index in [9.17, 15) is 0 Å². The maximum absolute atomic E-state index is 5.60. The molecule has 1 atom stereocenters. The summed E-state index contributed by atoms with van der Waals surface area (Å²) in [7, 11) is 0. The molecule has 1 aliphatic heterocycles. The lowest BCUT2D eigenvalue weighted by Crippen LogP contribution is -2.34. The van der Waals surface area contributed by atoms with Crippen LogP contribution in [0, 0.1) is 0 Å². The molecule has 2 rings (SSSR count). The Morgan fingerprint density at radius 3 is 2.92 bits per heavy atom. The van der Waals surface area contributed by atoms with E-state index in [0.717, 1.165) is 12.2 Å². The normalized spacial score (nSPS) is 18.7. The third-order valence-corrected chi connectivity index (χ3v) is 2.06. The molecule has 1 aromatic rings. The maximum atomic E-state index is 5.60. The molecule has 0 saturated heterocycles. The van der Waals surface area contributed by atoms with E-state index in [2.05, 4.69) is 11.5 Å². The van der Waals surface area contributed by atoms with Crippen molar-refractivity contribution < 1.29 is 4.74 Å². The van der Waals surface area contributed by atoms with Gasteiger partial charge in [0.1, 0.15) is 11.9 Å². The molecule has 1 aromatic carbocycles. The quantitative estimate of drug-likeness (QED) is 0.550. The van der Waals surface area contributed by atoms with Crippen molar-refractivity contribution in [3.8, 4) is 5.75 Å². The Morgan fingerprint density at radius 1 is 1.46 bits per heavy atom. The van der Waals surface area contributed by atoms with Gasteiger partial charge in [-0.1, -0.05) is 18.2 Å². The Hall–Kier alpha value is -0.770. The van der Waals surface area contributed by atoms with Gasteiger partial charge in [0.2, 0.25) is 0 Å². The predicted molar refractivity (Wildman–Crippen MR) is 54.0 cm³/mol. The van der Waals surface area contributed by atoms with Crippen LogP contribution in [0.3, 0.4) is 0 Å². The van der Waals surface area contributed by atoms with Gasteiger partial charge in [0.25, 0.3) is 0 Å². The molecule has 13 heavy (non-hydrogen) atoms. The molecule has 4 heteroatoms. The second-order valence-corrected chi connectivity index (χ2v) is 2.96. The lowest BCUT2D eigenvalue weighted by Gasteiger charge is -2.08. The first-order valence-electron chi connectivity index (χ1n) is 4.08. The second kappa shape index (κ2) is 4.46. The summed E-state index contributed by atoms with van der Waals surface area (Å²) in [5.41, 5.74) is 3.90. The van der Waals surface area contributed by atoms with Crippen LogP contribution in [-0.4, -0.2) is 12.6 Å². The van der Waals surface area contributed by atoms with Gasteiger partial charge in [-0.25, -0.2) is 0 Å². The smallest absolute Gasteiger partial charge is 0.123 e. The highest BCUT2D eigenvalue weighted by Crippen LogP contribution is 2.27. The molecule has 1 unspecified atom stereocenters. The van der Waals surface area contributed by atoms with Crippen molar-refractivity contribution in [1.29, 1.82) is 0 Å². The van der Waals surface area contributed by atoms with E-state index in [4.69, 9.17) is 10.6 Å². The summed E-state index contributed by atoms with van der Waals surface area (Å²) in [5, 5.41) is 0. The van der Waals surface area contributed by atoms with E-state index in [1.807, 2.05) is 18.2 Å². The zero-order chi connectivity index (χ0) is 8.39. The summed E-state index contributed by atoms with van der Waals surface area (Å²) in [5.74, 6) is 6.21. The fourth-order valence-corrected chi connectivity index (χ4v) is 1.50. The van der Waals surface area contributed by atoms with Gasteiger partial charge in [0, 0.05) is 13.0 Å². The van der Waals surface area contributed by atoms with Crippen LogP contribution in [0.1, 0.15) is 5.56 Å². The van der Waals surface area contributed by atoms with E-state index in [1.165, 1.54) is 5.56 Å². The SMILES string of the molecule is Cl.NNCC1Cc2ccccc2O1. The van der Waals surface area contributed by atoms with Crippen LogP contribution in [0.15, 0.2) is 24.3 Å². The molecule has 1 aliphatic rings. The van der Waals surface area contributed by atoms with Crippen LogP contribution in [0.25, 0.3) is 0 Å². The Kier molecular flexibility index (Phi) is 3.54. The summed E-state index contributed by atoms with van der Waals surface area (Å²) in [4.78, 5) is 0. The minimum Gasteiger partial charge on any atom is -0.488 e. The van der Waals surface area contributed by atoms with Crippen molar-refractivity contribution in [2.45, 2.75) is 12.5 Å². The van der Waals surface area contributed by atoms with Gasteiger partial charge in [-0.3, -0.25) is 11.3 Å². The van der Waals surface area contributed by atoms with E-state index in [0.29, 0.717) is 6.54 Å². The van der Waals surface area contributed by atoms with Gasteiger partial charge < -0.3 is 4.74 Å². The van der Waals surface area contributed by atoms with Crippen molar-refractivity contribution in [2.24, 2.45) is 5.84 Å². The zero-order valence-electron chi connectivity index (χ0n) is 7.19. The molecule has 0 saturated carbocycles. The fourth-order valence-electron chi connectivity index (χ4n) is 1.50. The number of hydrazine groups is 1. The maximum Gasteiger partial charge on any atom is 0.123 e. The standard InChI is InChI=1S/C9H12N2O.ClH/c10-11-6-8-5-7-3-1-2-4-9(7)12-8;/h1-4,8,11H,5-6,10H2;1H. The molecule has 0 aromatic heterocycles. The van der Waals surface area contributed by atoms with Gasteiger partial charge in [-0.2, -0.15) is 0 Å². The van der Waals surface area contributed by atoms with E-state index >= 15 is 0 Å². The first-order valence-corrected chi connectivity index (χ1v) is 4.08. The fraction of sp³-hybridized carbons (Fsp3) is 0.333.